The molecule has 7 nitrogen and oxygen atoms in total. The van der Waals surface area contributed by atoms with Crippen LogP contribution in [0.25, 0.3) is 17.3 Å². The maximum Gasteiger partial charge on any atom is 0.229 e. The maximum atomic E-state index is 5.82. The quantitative estimate of drug-likeness (QED) is 0.557. The van der Waals surface area contributed by atoms with E-state index in [0.717, 1.165) is 24.0 Å². The summed E-state index contributed by atoms with van der Waals surface area (Å²) in [4.78, 5) is 0. The Kier molecular flexibility index (Phi) is 5.78. The summed E-state index contributed by atoms with van der Waals surface area (Å²) in [5.74, 6) is 3.99. The van der Waals surface area contributed by atoms with Crippen LogP contribution in [-0.4, -0.2) is 43.6 Å². The van der Waals surface area contributed by atoms with Crippen LogP contribution in [0.4, 0.5) is 5.95 Å². The summed E-state index contributed by atoms with van der Waals surface area (Å²) in [5.41, 5.74) is 0.733. The molecule has 0 aliphatic heterocycles. The van der Waals surface area contributed by atoms with Gasteiger partial charge in [0, 0.05) is 14.6 Å². The van der Waals surface area contributed by atoms with Gasteiger partial charge in [-0.3, -0.25) is 4.57 Å². The minimum Gasteiger partial charge on any atom is -0.494 e. The van der Waals surface area contributed by atoms with Gasteiger partial charge in [0.1, 0.15) is 22.9 Å². The predicted octanol–water partition coefficient (Wildman–Crippen LogP) is 4.60. The number of para-hydroxylation sites is 1. The molecule has 0 atom stereocenters. The van der Waals surface area contributed by atoms with E-state index >= 15 is 0 Å². The average Bonchev–Trinajstić information content (AvgIpc) is 3.25. The van der Waals surface area contributed by atoms with Gasteiger partial charge < -0.3 is 19.2 Å². The molecule has 3 rings (SSSR count). The summed E-state index contributed by atoms with van der Waals surface area (Å²) >= 11 is 0. The number of anilines is 1. The summed E-state index contributed by atoms with van der Waals surface area (Å²) in [6.45, 7) is 9.77. The average molecular weight is 401 g/mol. The molecule has 1 aromatic carbocycles. The summed E-state index contributed by atoms with van der Waals surface area (Å²) in [7, 11) is 2.09. The zero-order chi connectivity index (χ0) is 20.3. The van der Waals surface area contributed by atoms with Gasteiger partial charge in [-0.05, 0) is 37.2 Å². The van der Waals surface area contributed by atoms with Crippen molar-refractivity contribution in [2.45, 2.75) is 32.6 Å². The summed E-state index contributed by atoms with van der Waals surface area (Å²) in [5, 5.41) is 12.2. The fraction of sp³-hybridized carbons (Fsp3) is 0.400. The van der Waals surface area contributed by atoms with E-state index in [1.807, 2.05) is 41.8 Å². The summed E-state index contributed by atoms with van der Waals surface area (Å²) in [6.07, 6.45) is 0. The van der Waals surface area contributed by atoms with Gasteiger partial charge in [0.15, 0.2) is 5.76 Å². The lowest BCUT2D eigenvalue weighted by Crippen LogP contribution is -2.24. The fourth-order valence-electron chi connectivity index (χ4n) is 2.93. The van der Waals surface area contributed by atoms with Gasteiger partial charge in [0.2, 0.25) is 11.8 Å². The van der Waals surface area contributed by atoms with Crippen molar-refractivity contribution in [3.05, 3.63) is 36.1 Å². The number of ether oxygens (including phenoxy) is 2. The Morgan fingerprint density at radius 3 is 2.25 bits per heavy atom. The Hall–Kier alpha value is -2.74. The molecule has 0 radical (unpaired) electrons. The Labute approximate surface area is 166 Å². The molecule has 2 heterocycles. The molecular weight excluding hydrogens is 372 g/mol. The smallest absolute Gasteiger partial charge is 0.229 e. The molecule has 0 amide bonds. The first-order chi connectivity index (χ1) is 13.3. The van der Waals surface area contributed by atoms with Crippen molar-refractivity contribution >= 4 is 14.0 Å². The minimum absolute atomic E-state index is 0.589. The Morgan fingerprint density at radius 2 is 1.71 bits per heavy atom. The maximum absolute atomic E-state index is 5.82. The van der Waals surface area contributed by atoms with Crippen LogP contribution in [0.1, 0.15) is 5.76 Å². The van der Waals surface area contributed by atoms with Crippen molar-refractivity contribution in [2.24, 2.45) is 0 Å². The molecule has 0 bridgehead atoms. The number of methoxy groups -OCH3 is 2. The number of aromatic nitrogens is 3. The molecule has 0 fully saturated rings. The molecule has 0 aliphatic carbocycles. The fourth-order valence-corrected chi connectivity index (χ4v) is 3.80. The standard InChI is InChI=1S/C20H28N4O3Si/c1-14-10-11-17(27-14)19-22-23-20(21-12-13-28(4,5)6)24(19)18-15(25-2)8-7-9-16(18)26-3/h7-11H,12-13H2,1-6H3,(H,21,23). The monoisotopic (exact) mass is 400 g/mol. The van der Waals surface area contributed by atoms with E-state index < -0.39 is 8.07 Å². The molecule has 8 heteroatoms. The number of aryl methyl sites for hydroxylation is 1. The predicted molar refractivity (Wildman–Crippen MR) is 114 cm³/mol. The lowest BCUT2D eigenvalue weighted by molar-refractivity contribution is 0.391. The molecule has 0 aliphatic rings. The largest absolute Gasteiger partial charge is 0.494 e. The third-order valence-electron chi connectivity index (χ3n) is 4.41. The first-order valence-corrected chi connectivity index (χ1v) is 13.0. The number of rotatable bonds is 8. The highest BCUT2D eigenvalue weighted by molar-refractivity contribution is 6.76. The van der Waals surface area contributed by atoms with Gasteiger partial charge in [0.05, 0.1) is 14.2 Å². The molecule has 0 spiro atoms. The van der Waals surface area contributed by atoms with E-state index in [9.17, 15) is 0 Å². The number of hydrogen-bond acceptors (Lipinski definition) is 6. The molecular formula is C20H28N4O3Si. The first-order valence-electron chi connectivity index (χ1n) is 9.31. The third kappa shape index (κ3) is 4.22. The van der Waals surface area contributed by atoms with E-state index in [1.165, 1.54) is 0 Å². The number of nitrogens with one attached hydrogen (secondary N) is 1. The van der Waals surface area contributed by atoms with Crippen molar-refractivity contribution in [1.29, 1.82) is 0 Å². The van der Waals surface area contributed by atoms with E-state index in [1.54, 1.807) is 14.2 Å². The van der Waals surface area contributed by atoms with Crippen molar-refractivity contribution in [2.75, 3.05) is 26.1 Å². The van der Waals surface area contributed by atoms with Gasteiger partial charge in [0.25, 0.3) is 0 Å². The van der Waals surface area contributed by atoms with Crippen molar-refractivity contribution < 1.29 is 13.9 Å². The van der Waals surface area contributed by atoms with Crippen molar-refractivity contribution in [3.8, 4) is 28.8 Å². The zero-order valence-corrected chi connectivity index (χ0v) is 18.4. The second-order valence-corrected chi connectivity index (χ2v) is 13.5. The van der Waals surface area contributed by atoms with Gasteiger partial charge >= 0.3 is 0 Å². The molecule has 0 saturated carbocycles. The van der Waals surface area contributed by atoms with Crippen LogP contribution in [0.3, 0.4) is 0 Å². The normalized spacial score (nSPS) is 11.5. The Bertz CT molecular complexity index is 921. The molecule has 3 aromatic rings. The van der Waals surface area contributed by atoms with Crippen LogP contribution in [0.5, 0.6) is 11.5 Å². The van der Waals surface area contributed by atoms with Crippen LogP contribution in [0.15, 0.2) is 34.7 Å². The van der Waals surface area contributed by atoms with Crippen molar-refractivity contribution in [3.63, 3.8) is 0 Å². The highest BCUT2D eigenvalue weighted by Crippen LogP contribution is 2.37. The molecule has 28 heavy (non-hydrogen) atoms. The molecule has 1 N–H and O–H groups in total. The molecule has 0 saturated heterocycles. The number of hydrogen-bond donors (Lipinski definition) is 1. The SMILES string of the molecule is COc1cccc(OC)c1-n1c(NCC[Si](C)(C)C)nnc1-c1ccc(C)o1. The van der Waals surface area contributed by atoms with Crippen LogP contribution in [-0.2, 0) is 0 Å². The topological polar surface area (TPSA) is 74.3 Å². The van der Waals surface area contributed by atoms with E-state index in [-0.39, 0.29) is 0 Å². The molecule has 0 unspecified atom stereocenters. The lowest BCUT2D eigenvalue weighted by Gasteiger charge is -2.19. The van der Waals surface area contributed by atoms with Crippen LogP contribution in [0, 0.1) is 6.92 Å². The highest BCUT2D eigenvalue weighted by Gasteiger charge is 2.24. The van der Waals surface area contributed by atoms with Gasteiger partial charge in [-0.1, -0.05) is 25.7 Å². The zero-order valence-electron chi connectivity index (χ0n) is 17.4. The van der Waals surface area contributed by atoms with Crippen LogP contribution < -0.4 is 14.8 Å². The minimum atomic E-state index is -1.18. The van der Waals surface area contributed by atoms with E-state index in [4.69, 9.17) is 13.9 Å². The Balaban J connectivity index is 2.13. The number of furan rings is 1. The van der Waals surface area contributed by atoms with Crippen LogP contribution in [0.2, 0.25) is 25.7 Å². The third-order valence-corrected chi connectivity index (χ3v) is 6.16. The second-order valence-electron chi connectivity index (χ2n) is 7.84. The molecule has 2 aromatic heterocycles. The van der Waals surface area contributed by atoms with Crippen LogP contribution >= 0.6 is 0 Å². The number of nitrogens with zero attached hydrogens (tertiary/aromatic N) is 3. The summed E-state index contributed by atoms with van der Waals surface area (Å²) in [6, 6.07) is 10.6. The molecule has 150 valence electrons. The summed E-state index contributed by atoms with van der Waals surface area (Å²) < 4.78 is 19.0. The second kappa shape index (κ2) is 8.10. The Morgan fingerprint density at radius 1 is 1.04 bits per heavy atom. The van der Waals surface area contributed by atoms with Gasteiger partial charge in [-0.15, -0.1) is 10.2 Å². The highest BCUT2D eigenvalue weighted by atomic mass is 28.3. The lowest BCUT2D eigenvalue weighted by atomic mass is 10.2. The van der Waals surface area contributed by atoms with E-state index in [0.29, 0.717) is 29.0 Å². The van der Waals surface area contributed by atoms with E-state index in [2.05, 4.69) is 35.2 Å². The first kappa shape index (κ1) is 20.0. The van der Waals surface area contributed by atoms with Crippen molar-refractivity contribution in [1.82, 2.24) is 14.8 Å². The van der Waals surface area contributed by atoms with Gasteiger partial charge in [-0.25, -0.2) is 0 Å². The van der Waals surface area contributed by atoms with Gasteiger partial charge in [-0.2, -0.15) is 0 Å². The number of benzene rings is 1.